The monoisotopic (exact) mass is 264 g/mol. The van der Waals surface area contributed by atoms with Gasteiger partial charge in [0.25, 0.3) is 0 Å². The van der Waals surface area contributed by atoms with Gasteiger partial charge in [0.05, 0.1) is 5.71 Å². The van der Waals surface area contributed by atoms with Crippen LogP contribution in [-0.4, -0.2) is 18.2 Å². The second-order valence-electron chi connectivity index (χ2n) is 4.94. The van der Waals surface area contributed by atoms with Gasteiger partial charge in [-0.2, -0.15) is 0 Å². The van der Waals surface area contributed by atoms with Crippen LogP contribution < -0.4 is 0 Å². The predicted molar refractivity (Wildman–Crippen MR) is 81.4 cm³/mol. The molecule has 0 unspecified atom stereocenters. The van der Waals surface area contributed by atoms with Gasteiger partial charge in [-0.1, -0.05) is 64.8 Å². The largest absolute Gasteiger partial charge is 0.371 e. The second kappa shape index (κ2) is 5.29. The van der Waals surface area contributed by atoms with Gasteiger partial charge in [0.2, 0.25) is 6.73 Å². The Bertz CT molecular complexity index is 606. The number of benzene rings is 2. The van der Waals surface area contributed by atoms with Crippen molar-refractivity contribution in [3.8, 4) is 0 Å². The van der Waals surface area contributed by atoms with Gasteiger partial charge in [0.1, 0.15) is 5.71 Å². The Morgan fingerprint density at radius 3 is 1.80 bits per heavy atom. The second-order valence-corrected chi connectivity index (χ2v) is 4.94. The summed E-state index contributed by atoms with van der Waals surface area (Å²) in [6.45, 7) is 4.42. The summed E-state index contributed by atoms with van der Waals surface area (Å²) in [5.41, 5.74) is 6.23. The Morgan fingerprint density at radius 1 is 0.750 bits per heavy atom. The summed E-state index contributed by atoms with van der Waals surface area (Å²) < 4.78 is 0. The molecule has 1 heterocycles. The van der Waals surface area contributed by atoms with Gasteiger partial charge in [-0.15, -0.1) is 0 Å². The third-order valence-electron chi connectivity index (χ3n) is 3.31. The molecule has 0 saturated heterocycles. The molecular formula is C17H16N2O. The molecule has 100 valence electrons. The van der Waals surface area contributed by atoms with Crippen molar-refractivity contribution >= 4 is 11.4 Å². The highest BCUT2D eigenvalue weighted by atomic mass is 16.6. The van der Waals surface area contributed by atoms with Gasteiger partial charge in [-0.3, -0.25) is 0 Å². The minimum atomic E-state index is 0.276. The Morgan fingerprint density at radius 2 is 1.25 bits per heavy atom. The lowest BCUT2D eigenvalue weighted by Gasteiger charge is -2.14. The number of nitrogens with zero attached hydrogens (tertiary/aromatic N) is 2. The quantitative estimate of drug-likeness (QED) is 0.817. The topological polar surface area (TPSA) is 34.0 Å². The smallest absolute Gasteiger partial charge is 0.207 e. The van der Waals surface area contributed by atoms with Gasteiger partial charge in [0.15, 0.2) is 0 Å². The summed E-state index contributed by atoms with van der Waals surface area (Å²) in [4.78, 5) is 9.62. The Balaban J connectivity index is 2.01. The Kier molecular flexibility index (Phi) is 3.33. The van der Waals surface area contributed by atoms with E-state index in [9.17, 15) is 0 Å². The van der Waals surface area contributed by atoms with E-state index in [-0.39, 0.29) is 6.73 Å². The summed E-state index contributed by atoms with van der Waals surface area (Å²) in [6, 6.07) is 16.5. The lowest BCUT2D eigenvalue weighted by molar-refractivity contribution is 0.150. The molecule has 0 atom stereocenters. The third-order valence-corrected chi connectivity index (χ3v) is 3.31. The molecule has 3 rings (SSSR count). The number of rotatable bonds is 2. The normalized spacial score (nSPS) is 14.3. The average molecular weight is 264 g/mol. The highest BCUT2D eigenvalue weighted by molar-refractivity contribution is 6.53. The van der Waals surface area contributed by atoms with Crippen molar-refractivity contribution in [2.45, 2.75) is 13.8 Å². The first-order valence-corrected chi connectivity index (χ1v) is 6.63. The van der Waals surface area contributed by atoms with Gasteiger partial charge in [-0.05, 0) is 13.8 Å². The van der Waals surface area contributed by atoms with E-state index in [4.69, 9.17) is 4.84 Å². The van der Waals surface area contributed by atoms with Crippen LogP contribution in [0.5, 0.6) is 0 Å². The van der Waals surface area contributed by atoms with Crippen LogP contribution in [0.1, 0.15) is 22.3 Å². The molecule has 0 amide bonds. The standard InChI is InChI=1S/C17H16N2O/c1-12-3-7-14(8-4-12)16-17(19-20-11-18-16)15-9-5-13(2)6-10-15/h3-10H,11H2,1-2H3. The van der Waals surface area contributed by atoms with Gasteiger partial charge < -0.3 is 4.84 Å². The van der Waals surface area contributed by atoms with E-state index < -0.39 is 0 Å². The lowest BCUT2D eigenvalue weighted by Crippen LogP contribution is -2.21. The molecule has 0 N–H and O–H groups in total. The number of oxime groups is 1. The first-order valence-electron chi connectivity index (χ1n) is 6.63. The van der Waals surface area contributed by atoms with E-state index in [2.05, 4.69) is 60.4 Å². The molecule has 1 aliphatic heterocycles. The van der Waals surface area contributed by atoms with Crippen LogP contribution in [0.2, 0.25) is 0 Å². The van der Waals surface area contributed by atoms with Gasteiger partial charge >= 0.3 is 0 Å². The van der Waals surface area contributed by atoms with Crippen LogP contribution in [0.4, 0.5) is 0 Å². The fourth-order valence-electron chi connectivity index (χ4n) is 2.15. The highest BCUT2D eigenvalue weighted by Crippen LogP contribution is 2.15. The molecule has 1 aliphatic rings. The molecule has 0 aliphatic carbocycles. The first-order chi connectivity index (χ1) is 9.74. The van der Waals surface area contributed by atoms with E-state index in [1.807, 2.05) is 12.1 Å². The molecule has 0 saturated carbocycles. The maximum absolute atomic E-state index is 5.14. The van der Waals surface area contributed by atoms with Crippen molar-refractivity contribution in [1.29, 1.82) is 0 Å². The van der Waals surface area contributed by atoms with E-state index in [1.165, 1.54) is 11.1 Å². The molecule has 0 bridgehead atoms. The minimum Gasteiger partial charge on any atom is -0.371 e. The fraction of sp³-hybridized carbons (Fsp3) is 0.176. The van der Waals surface area contributed by atoms with E-state index in [0.29, 0.717) is 0 Å². The van der Waals surface area contributed by atoms with E-state index in [0.717, 1.165) is 22.6 Å². The number of hydrogen-bond acceptors (Lipinski definition) is 3. The van der Waals surface area contributed by atoms with Crippen LogP contribution in [0, 0.1) is 13.8 Å². The van der Waals surface area contributed by atoms with E-state index in [1.54, 1.807) is 0 Å². The minimum absolute atomic E-state index is 0.276. The van der Waals surface area contributed by atoms with Crippen molar-refractivity contribution in [2.75, 3.05) is 6.73 Å². The van der Waals surface area contributed by atoms with Crippen molar-refractivity contribution in [3.05, 3.63) is 70.8 Å². The number of aliphatic imine (C=N–C) groups is 1. The van der Waals surface area contributed by atoms with Crippen molar-refractivity contribution in [2.24, 2.45) is 10.1 Å². The molecule has 20 heavy (non-hydrogen) atoms. The molecule has 0 radical (unpaired) electrons. The third kappa shape index (κ3) is 2.48. The van der Waals surface area contributed by atoms with Crippen LogP contribution in [0.25, 0.3) is 0 Å². The van der Waals surface area contributed by atoms with Gasteiger partial charge in [-0.25, -0.2) is 4.99 Å². The summed E-state index contributed by atoms with van der Waals surface area (Å²) in [6.07, 6.45) is 0. The van der Waals surface area contributed by atoms with Crippen LogP contribution in [0.15, 0.2) is 58.7 Å². The molecule has 0 fully saturated rings. The lowest BCUT2D eigenvalue weighted by atomic mass is 9.98. The maximum atomic E-state index is 5.14. The molecule has 2 aromatic carbocycles. The van der Waals surface area contributed by atoms with Crippen LogP contribution in [-0.2, 0) is 4.84 Å². The molecule has 3 nitrogen and oxygen atoms in total. The number of aryl methyl sites for hydroxylation is 2. The van der Waals surface area contributed by atoms with Crippen LogP contribution in [0.3, 0.4) is 0 Å². The predicted octanol–water partition coefficient (Wildman–Crippen LogP) is 3.48. The Labute approximate surface area is 118 Å². The maximum Gasteiger partial charge on any atom is 0.207 e. The molecule has 2 aromatic rings. The van der Waals surface area contributed by atoms with Crippen molar-refractivity contribution in [1.82, 2.24) is 0 Å². The zero-order chi connectivity index (χ0) is 13.9. The van der Waals surface area contributed by atoms with E-state index >= 15 is 0 Å². The van der Waals surface area contributed by atoms with Crippen molar-refractivity contribution < 1.29 is 4.84 Å². The highest BCUT2D eigenvalue weighted by Gasteiger charge is 2.17. The Hall–Kier alpha value is -2.42. The SMILES string of the molecule is Cc1ccc(C2=NCON=C2c2ccc(C)cc2)cc1. The molecule has 0 aromatic heterocycles. The molecule has 3 heteroatoms. The van der Waals surface area contributed by atoms with Crippen molar-refractivity contribution in [3.63, 3.8) is 0 Å². The number of hydrogen-bond donors (Lipinski definition) is 0. The van der Waals surface area contributed by atoms with Crippen LogP contribution >= 0.6 is 0 Å². The first kappa shape index (κ1) is 12.6. The zero-order valence-electron chi connectivity index (χ0n) is 11.6. The average Bonchev–Trinajstić information content (AvgIpc) is 2.49. The zero-order valence-corrected chi connectivity index (χ0v) is 11.6. The van der Waals surface area contributed by atoms with Gasteiger partial charge in [0, 0.05) is 11.1 Å². The summed E-state index contributed by atoms with van der Waals surface area (Å²) in [5, 5.41) is 4.20. The summed E-state index contributed by atoms with van der Waals surface area (Å²) in [5.74, 6) is 0. The summed E-state index contributed by atoms with van der Waals surface area (Å²) >= 11 is 0. The molecule has 0 spiro atoms. The summed E-state index contributed by atoms with van der Waals surface area (Å²) in [7, 11) is 0. The molecular weight excluding hydrogens is 248 g/mol. The fourth-order valence-corrected chi connectivity index (χ4v) is 2.15.